The van der Waals surface area contributed by atoms with E-state index in [0.717, 1.165) is 42.7 Å². The molecule has 0 saturated carbocycles. The van der Waals surface area contributed by atoms with Crippen LogP contribution in [0.2, 0.25) is 0 Å². The molecule has 4 heteroatoms. The van der Waals surface area contributed by atoms with Gasteiger partial charge in [-0.2, -0.15) is 0 Å². The van der Waals surface area contributed by atoms with Gasteiger partial charge >= 0.3 is 0 Å². The summed E-state index contributed by atoms with van der Waals surface area (Å²) in [6.07, 6.45) is 3.61. The second-order valence-electron chi connectivity index (χ2n) is 6.57. The van der Waals surface area contributed by atoms with E-state index in [1.807, 2.05) is 49.4 Å². The lowest BCUT2D eigenvalue weighted by Gasteiger charge is -2.24. The van der Waals surface area contributed by atoms with Gasteiger partial charge in [-0.3, -0.25) is 4.79 Å². The molecule has 1 amide bonds. The van der Waals surface area contributed by atoms with Gasteiger partial charge in [0, 0.05) is 0 Å². The average molecular weight is 338 g/mol. The van der Waals surface area contributed by atoms with Crippen LogP contribution in [0.1, 0.15) is 48.9 Å². The average Bonchev–Trinajstić information content (AvgIpc) is 2.66. The summed E-state index contributed by atoms with van der Waals surface area (Å²) in [5.74, 6) is 0.848. The monoisotopic (exact) mass is 338 g/mol. The highest BCUT2D eigenvalue weighted by molar-refractivity contribution is 5.82. The number of hydrogen-bond acceptors (Lipinski definition) is 3. The Morgan fingerprint density at radius 1 is 1.20 bits per heavy atom. The van der Waals surface area contributed by atoms with Crippen LogP contribution < -0.4 is 15.8 Å². The molecule has 0 radical (unpaired) electrons. The Morgan fingerprint density at radius 2 is 2.00 bits per heavy atom. The second-order valence-corrected chi connectivity index (χ2v) is 6.57. The van der Waals surface area contributed by atoms with Crippen LogP contribution in [-0.4, -0.2) is 18.6 Å². The minimum atomic E-state index is -0.475. The molecular formula is C21H26N2O2. The number of benzene rings is 2. The van der Waals surface area contributed by atoms with Gasteiger partial charge in [0.2, 0.25) is 5.91 Å². The van der Waals surface area contributed by atoms with Crippen LogP contribution in [0, 0.1) is 0 Å². The van der Waals surface area contributed by atoms with E-state index >= 15 is 0 Å². The van der Waals surface area contributed by atoms with Gasteiger partial charge in [-0.1, -0.05) is 49.7 Å². The van der Waals surface area contributed by atoms with E-state index in [-0.39, 0.29) is 11.9 Å². The van der Waals surface area contributed by atoms with Crippen molar-refractivity contribution in [2.75, 3.05) is 6.61 Å². The molecule has 2 unspecified atom stereocenters. The molecule has 3 rings (SSSR count). The molecule has 4 nitrogen and oxygen atoms in total. The van der Waals surface area contributed by atoms with Crippen molar-refractivity contribution >= 4 is 5.91 Å². The molecule has 2 aromatic carbocycles. The van der Waals surface area contributed by atoms with Crippen molar-refractivity contribution in [1.82, 2.24) is 5.32 Å². The number of fused-ring (bicyclic) bond motifs is 1. The van der Waals surface area contributed by atoms with Crippen LogP contribution in [0.25, 0.3) is 0 Å². The molecule has 0 aromatic heterocycles. The normalized spacial score (nSPS) is 15.6. The maximum absolute atomic E-state index is 12.5. The number of hydrogen-bond donors (Lipinski definition) is 2. The Kier molecular flexibility index (Phi) is 5.71. The third-order valence-electron chi connectivity index (χ3n) is 4.62. The number of carbonyl (C=O) groups is 1. The van der Waals surface area contributed by atoms with Crippen molar-refractivity contribution in [1.29, 1.82) is 0 Å². The zero-order chi connectivity index (χ0) is 17.6. The fourth-order valence-electron chi connectivity index (χ4n) is 3.26. The first-order valence-electron chi connectivity index (χ1n) is 9.05. The topological polar surface area (TPSA) is 64.4 Å². The van der Waals surface area contributed by atoms with Crippen molar-refractivity contribution in [2.24, 2.45) is 5.73 Å². The fourth-order valence-corrected chi connectivity index (χ4v) is 3.26. The first kappa shape index (κ1) is 17.5. The molecule has 2 aromatic rings. The Balaban J connectivity index is 1.90. The summed E-state index contributed by atoms with van der Waals surface area (Å²) in [6.45, 7) is 2.81. The predicted molar refractivity (Wildman–Crippen MR) is 99.6 cm³/mol. The Bertz CT molecular complexity index is 715. The third-order valence-corrected chi connectivity index (χ3v) is 4.62. The van der Waals surface area contributed by atoms with Crippen molar-refractivity contribution < 1.29 is 9.53 Å². The minimum Gasteiger partial charge on any atom is -0.493 e. The van der Waals surface area contributed by atoms with Crippen molar-refractivity contribution in [3.05, 3.63) is 65.2 Å². The smallest absolute Gasteiger partial charge is 0.237 e. The highest BCUT2D eigenvalue weighted by Gasteiger charge is 2.22. The van der Waals surface area contributed by atoms with E-state index in [0.29, 0.717) is 6.42 Å². The van der Waals surface area contributed by atoms with E-state index in [4.69, 9.17) is 10.5 Å². The minimum absolute atomic E-state index is 0.107. The highest BCUT2D eigenvalue weighted by atomic mass is 16.5. The Morgan fingerprint density at radius 3 is 2.76 bits per heavy atom. The molecule has 25 heavy (non-hydrogen) atoms. The van der Waals surface area contributed by atoms with Gasteiger partial charge in [-0.25, -0.2) is 0 Å². The van der Waals surface area contributed by atoms with E-state index in [1.165, 1.54) is 5.56 Å². The predicted octanol–water partition coefficient (Wildman–Crippen LogP) is 3.34. The van der Waals surface area contributed by atoms with Gasteiger partial charge < -0.3 is 15.8 Å². The quantitative estimate of drug-likeness (QED) is 0.849. The van der Waals surface area contributed by atoms with Gasteiger partial charge in [-0.15, -0.1) is 0 Å². The van der Waals surface area contributed by atoms with E-state index in [1.54, 1.807) is 0 Å². The van der Waals surface area contributed by atoms with Crippen LogP contribution in [-0.2, 0) is 11.2 Å². The van der Waals surface area contributed by atoms with Gasteiger partial charge in [0.15, 0.2) is 0 Å². The molecule has 0 aliphatic carbocycles. The van der Waals surface area contributed by atoms with E-state index < -0.39 is 6.04 Å². The summed E-state index contributed by atoms with van der Waals surface area (Å²) in [6, 6.07) is 15.5. The molecule has 3 N–H and O–H groups in total. The summed E-state index contributed by atoms with van der Waals surface area (Å²) >= 11 is 0. The molecule has 1 aliphatic rings. The summed E-state index contributed by atoms with van der Waals surface area (Å²) in [4.78, 5) is 12.5. The molecule has 0 fully saturated rings. The number of rotatable bonds is 6. The van der Waals surface area contributed by atoms with Crippen molar-refractivity contribution in [3.63, 3.8) is 0 Å². The zero-order valence-electron chi connectivity index (χ0n) is 14.7. The zero-order valence-corrected chi connectivity index (χ0v) is 14.7. The molecule has 132 valence electrons. The van der Waals surface area contributed by atoms with Crippen molar-refractivity contribution in [2.45, 2.75) is 44.7 Å². The van der Waals surface area contributed by atoms with Crippen LogP contribution in [0.5, 0.6) is 5.75 Å². The number of amides is 1. The van der Waals surface area contributed by atoms with Crippen molar-refractivity contribution in [3.8, 4) is 5.75 Å². The maximum Gasteiger partial charge on any atom is 0.237 e. The molecule has 1 aliphatic heterocycles. The summed E-state index contributed by atoms with van der Waals surface area (Å²) < 4.78 is 5.71. The molecule has 0 saturated heterocycles. The second kappa shape index (κ2) is 8.17. The summed E-state index contributed by atoms with van der Waals surface area (Å²) in [7, 11) is 0. The Labute approximate surface area is 149 Å². The van der Waals surface area contributed by atoms with Crippen LogP contribution in [0.4, 0.5) is 0 Å². The number of nitrogens with one attached hydrogen (secondary N) is 1. The molecule has 0 bridgehead atoms. The Hall–Kier alpha value is -2.33. The summed E-state index contributed by atoms with van der Waals surface area (Å²) in [5, 5.41) is 3.14. The van der Waals surface area contributed by atoms with Gasteiger partial charge in [0.25, 0.3) is 0 Å². The lowest BCUT2D eigenvalue weighted by molar-refractivity contribution is -0.123. The van der Waals surface area contributed by atoms with E-state index in [9.17, 15) is 4.79 Å². The SMILES string of the molecule is CCCC(N)C(=O)NC(c1ccccc1)c1ccc2c(c1)CCCO2. The van der Waals surface area contributed by atoms with E-state index in [2.05, 4.69) is 11.4 Å². The number of ether oxygens (including phenoxy) is 1. The lowest BCUT2D eigenvalue weighted by atomic mass is 9.94. The van der Waals surface area contributed by atoms with Gasteiger partial charge in [0.05, 0.1) is 18.7 Å². The molecule has 1 heterocycles. The van der Waals surface area contributed by atoms with Crippen LogP contribution in [0.15, 0.2) is 48.5 Å². The first-order chi connectivity index (χ1) is 12.2. The number of carbonyl (C=O) groups excluding carboxylic acids is 1. The maximum atomic E-state index is 12.5. The fraction of sp³-hybridized carbons (Fsp3) is 0.381. The van der Waals surface area contributed by atoms with Crippen LogP contribution >= 0.6 is 0 Å². The van der Waals surface area contributed by atoms with Gasteiger partial charge in [-0.05, 0) is 48.1 Å². The van der Waals surface area contributed by atoms with Crippen LogP contribution in [0.3, 0.4) is 0 Å². The molecular weight excluding hydrogens is 312 g/mol. The highest BCUT2D eigenvalue weighted by Crippen LogP contribution is 2.30. The first-order valence-corrected chi connectivity index (χ1v) is 9.05. The molecule has 2 atom stereocenters. The van der Waals surface area contributed by atoms with Gasteiger partial charge in [0.1, 0.15) is 5.75 Å². The molecule has 0 spiro atoms. The largest absolute Gasteiger partial charge is 0.493 e. The standard InChI is InChI=1S/C21H26N2O2/c1-2-7-18(22)21(24)23-20(15-8-4-3-5-9-15)17-11-12-19-16(14-17)10-6-13-25-19/h3-5,8-9,11-12,14,18,20H,2,6-7,10,13,22H2,1H3,(H,23,24). The number of nitrogens with two attached hydrogens (primary N) is 1. The number of aryl methyl sites for hydroxylation is 1. The third kappa shape index (κ3) is 4.20. The lowest BCUT2D eigenvalue weighted by Crippen LogP contribution is -2.42. The summed E-state index contributed by atoms with van der Waals surface area (Å²) in [5.41, 5.74) is 9.33.